The number of nitrogens with one attached hydrogen (secondary N) is 1. The van der Waals surface area contributed by atoms with Crippen molar-refractivity contribution < 1.29 is 9.53 Å². The van der Waals surface area contributed by atoms with Gasteiger partial charge in [-0.25, -0.2) is 4.79 Å². The topological polar surface area (TPSA) is 41.6 Å². The van der Waals surface area contributed by atoms with Crippen molar-refractivity contribution in [2.24, 2.45) is 0 Å². The molecule has 0 aliphatic heterocycles. The van der Waals surface area contributed by atoms with Crippen molar-refractivity contribution in [3.8, 4) is 0 Å². The number of ether oxygens (including phenoxy) is 1. The third kappa shape index (κ3) is 7.71. The predicted octanol–water partition coefficient (Wildman–Crippen LogP) is 3.42. The van der Waals surface area contributed by atoms with Crippen LogP contribution < -0.4 is 5.32 Å². The fourth-order valence-corrected chi connectivity index (χ4v) is 2.09. The first-order valence-electron chi connectivity index (χ1n) is 7.52. The first kappa shape index (κ1) is 17.5. The Labute approximate surface area is 128 Å². The number of amides is 1. The maximum Gasteiger partial charge on any atom is 0.407 e. The quantitative estimate of drug-likeness (QED) is 0.873. The molecule has 1 aromatic rings. The molecule has 0 aliphatic rings. The van der Waals surface area contributed by atoms with Crippen LogP contribution in [0.5, 0.6) is 0 Å². The fraction of sp³-hybridized carbons (Fsp3) is 0.588. The number of nitrogens with zero attached hydrogens (tertiary/aromatic N) is 1. The van der Waals surface area contributed by atoms with Crippen LogP contribution in [-0.2, 0) is 11.3 Å². The molecule has 4 nitrogen and oxygen atoms in total. The Bertz CT molecular complexity index is 426. The summed E-state index contributed by atoms with van der Waals surface area (Å²) in [5.41, 5.74) is 0.810. The number of benzene rings is 1. The fourth-order valence-electron chi connectivity index (χ4n) is 2.09. The van der Waals surface area contributed by atoms with Crippen LogP contribution in [0.3, 0.4) is 0 Å². The van der Waals surface area contributed by atoms with Gasteiger partial charge < -0.3 is 15.0 Å². The number of likely N-dealkylation sites (N-methyl/N-ethyl adjacent to an activating group) is 1. The molecule has 0 radical (unpaired) electrons. The number of hydrogen-bond donors (Lipinski definition) is 1. The van der Waals surface area contributed by atoms with Crippen LogP contribution in [0.25, 0.3) is 0 Å². The van der Waals surface area contributed by atoms with E-state index in [0.29, 0.717) is 0 Å². The summed E-state index contributed by atoms with van der Waals surface area (Å²) in [7, 11) is 2.06. The van der Waals surface area contributed by atoms with E-state index in [1.165, 1.54) is 5.56 Å². The molecule has 0 fully saturated rings. The Morgan fingerprint density at radius 2 is 1.90 bits per heavy atom. The van der Waals surface area contributed by atoms with Gasteiger partial charge in [0.2, 0.25) is 0 Å². The molecule has 4 heteroatoms. The number of carbonyl (C=O) groups excluding carboxylic acids is 1. The number of carbonyl (C=O) groups is 1. The molecule has 0 spiro atoms. The first-order valence-corrected chi connectivity index (χ1v) is 7.52. The van der Waals surface area contributed by atoms with Gasteiger partial charge in [-0.3, -0.25) is 0 Å². The van der Waals surface area contributed by atoms with Gasteiger partial charge in [-0.1, -0.05) is 37.3 Å². The molecule has 0 aliphatic carbocycles. The number of alkyl carbamates (subject to hydrolysis) is 1. The maximum atomic E-state index is 11.8. The number of hydrogen-bond acceptors (Lipinski definition) is 3. The monoisotopic (exact) mass is 292 g/mol. The van der Waals surface area contributed by atoms with E-state index in [-0.39, 0.29) is 12.1 Å². The maximum absolute atomic E-state index is 11.8. The minimum absolute atomic E-state index is 0.0913. The van der Waals surface area contributed by atoms with E-state index < -0.39 is 5.60 Å². The minimum Gasteiger partial charge on any atom is -0.444 e. The molecule has 21 heavy (non-hydrogen) atoms. The summed E-state index contributed by atoms with van der Waals surface area (Å²) in [6, 6.07) is 10.4. The predicted molar refractivity (Wildman–Crippen MR) is 86.2 cm³/mol. The van der Waals surface area contributed by atoms with E-state index in [2.05, 4.69) is 36.3 Å². The lowest BCUT2D eigenvalue weighted by molar-refractivity contribution is 0.0492. The van der Waals surface area contributed by atoms with Crippen LogP contribution in [-0.4, -0.2) is 36.2 Å². The normalized spacial score (nSPS) is 13.0. The molecule has 118 valence electrons. The van der Waals surface area contributed by atoms with Crippen molar-refractivity contribution in [1.82, 2.24) is 10.2 Å². The summed E-state index contributed by atoms with van der Waals surface area (Å²) >= 11 is 0. The zero-order chi connectivity index (χ0) is 15.9. The Morgan fingerprint density at radius 3 is 2.43 bits per heavy atom. The highest BCUT2D eigenvalue weighted by molar-refractivity contribution is 5.68. The smallest absolute Gasteiger partial charge is 0.407 e. The lowest BCUT2D eigenvalue weighted by atomic mass is 10.2. The van der Waals surface area contributed by atoms with E-state index in [0.717, 1.165) is 19.5 Å². The van der Waals surface area contributed by atoms with Gasteiger partial charge in [0, 0.05) is 19.1 Å². The summed E-state index contributed by atoms with van der Waals surface area (Å²) in [4.78, 5) is 14.0. The second-order valence-corrected chi connectivity index (χ2v) is 6.43. The molecule has 0 aromatic heterocycles. The zero-order valence-corrected chi connectivity index (χ0v) is 13.8. The lowest BCUT2D eigenvalue weighted by Gasteiger charge is -2.26. The molecule has 0 saturated heterocycles. The summed E-state index contributed by atoms with van der Waals surface area (Å²) in [5, 5.41) is 2.94. The summed E-state index contributed by atoms with van der Waals surface area (Å²) < 4.78 is 5.30. The summed E-state index contributed by atoms with van der Waals surface area (Å²) in [6.07, 6.45) is 0.528. The van der Waals surface area contributed by atoms with Crippen LogP contribution in [0.4, 0.5) is 4.79 Å². The molecular weight excluding hydrogens is 264 g/mol. The molecule has 1 atom stereocenters. The highest BCUT2D eigenvalue weighted by Gasteiger charge is 2.19. The average molecular weight is 292 g/mol. The molecule has 1 unspecified atom stereocenters. The second-order valence-electron chi connectivity index (χ2n) is 6.43. The largest absolute Gasteiger partial charge is 0.444 e. The highest BCUT2D eigenvalue weighted by Crippen LogP contribution is 2.08. The van der Waals surface area contributed by atoms with Gasteiger partial charge in [0.1, 0.15) is 5.60 Å². The van der Waals surface area contributed by atoms with Gasteiger partial charge in [0.15, 0.2) is 0 Å². The van der Waals surface area contributed by atoms with Gasteiger partial charge >= 0.3 is 6.09 Å². The van der Waals surface area contributed by atoms with Gasteiger partial charge in [-0.15, -0.1) is 0 Å². The van der Waals surface area contributed by atoms with Gasteiger partial charge in [0.05, 0.1) is 0 Å². The van der Waals surface area contributed by atoms with Crippen LogP contribution >= 0.6 is 0 Å². The summed E-state index contributed by atoms with van der Waals surface area (Å²) in [5.74, 6) is 0. The van der Waals surface area contributed by atoms with Crippen molar-refractivity contribution >= 4 is 6.09 Å². The SMILES string of the molecule is CCC(CN(C)Cc1ccccc1)NC(=O)OC(C)(C)C. The molecule has 1 N–H and O–H groups in total. The highest BCUT2D eigenvalue weighted by atomic mass is 16.6. The average Bonchev–Trinajstić information content (AvgIpc) is 2.36. The zero-order valence-electron chi connectivity index (χ0n) is 13.8. The van der Waals surface area contributed by atoms with E-state index >= 15 is 0 Å². The molecular formula is C17H28N2O2. The van der Waals surface area contributed by atoms with Crippen molar-refractivity contribution in [3.63, 3.8) is 0 Å². The first-order chi connectivity index (χ1) is 9.80. The molecule has 1 aromatic carbocycles. The molecule has 0 bridgehead atoms. The number of rotatable bonds is 6. The Kier molecular flexibility index (Phi) is 6.69. The second kappa shape index (κ2) is 8.03. The Balaban J connectivity index is 2.44. The Hall–Kier alpha value is -1.55. The third-order valence-corrected chi connectivity index (χ3v) is 3.04. The van der Waals surface area contributed by atoms with Crippen molar-refractivity contribution in [1.29, 1.82) is 0 Å². The van der Waals surface area contributed by atoms with E-state index in [1.807, 2.05) is 39.0 Å². The van der Waals surface area contributed by atoms with Gasteiger partial charge in [0.25, 0.3) is 0 Å². The standard InChI is InChI=1S/C17H28N2O2/c1-6-15(18-16(20)21-17(2,3)4)13-19(5)12-14-10-8-7-9-11-14/h7-11,15H,6,12-13H2,1-5H3,(H,18,20). The van der Waals surface area contributed by atoms with Crippen LogP contribution in [0, 0.1) is 0 Å². The van der Waals surface area contributed by atoms with E-state index in [4.69, 9.17) is 4.74 Å². The van der Waals surface area contributed by atoms with Crippen LogP contribution in [0.1, 0.15) is 39.7 Å². The van der Waals surface area contributed by atoms with Crippen molar-refractivity contribution in [2.75, 3.05) is 13.6 Å². The van der Waals surface area contributed by atoms with Crippen LogP contribution in [0.2, 0.25) is 0 Å². The minimum atomic E-state index is -0.460. The van der Waals surface area contributed by atoms with Crippen molar-refractivity contribution in [2.45, 2.75) is 52.3 Å². The summed E-state index contributed by atoms with van der Waals surface area (Å²) in [6.45, 7) is 9.34. The Morgan fingerprint density at radius 1 is 1.29 bits per heavy atom. The van der Waals surface area contributed by atoms with Gasteiger partial charge in [-0.2, -0.15) is 0 Å². The van der Waals surface area contributed by atoms with E-state index in [9.17, 15) is 4.79 Å². The molecule has 0 heterocycles. The molecule has 0 saturated carbocycles. The van der Waals surface area contributed by atoms with E-state index in [1.54, 1.807) is 0 Å². The molecule has 1 rings (SSSR count). The lowest BCUT2D eigenvalue weighted by Crippen LogP contribution is -2.44. The van der Waals surface area contributed by atoms with Crippen molar-refractivity contribution in [3.05, 3.63) is 35.9 Å². The van der Waals surface area contributed by atoms with Gasteiger partial charge in [-0.05, 0) is 39.8 Å². The third-order valence-electron chi connectivity index (χ3n) is 3.04. The van der Waals surface area contributed by atoms with Crippen LogP contribution in [0.15, 0.2) is 30.3 Å². The molecule has 1 amide bonds.